The average Bonchev–Trinajstić information content (AvgIpc) is 2.34. The van der Waals surface area contributed by atoms with Crippen LogP contribution >= 0.6 is 0 Å². The maximum atomic E-state index is 11.3. The normalized spacial score (nSPS) is 17.5. The molecule has 2 N–H and O–H groups in total. The number of aromatic nitrogens is 2. The summed E-state index contributed by atoms with van der Waals surface area (Å²) in [6, 6.07) is 3.38. The SMILES string of the molecule is CNC(=O)c1ccc(N2CC(O)(C(C)C)C2)nn1. The third kappa shape index (κ3) is 2.15. The van der Waals surface area contributed by atoms with Gasteiger partial charge < -0.3 is 15.3 Å². The van der Waals surface area contributed by atoms with Crippen LogP contribution in [-0.4, -0.2) is 46.9 Å². The average molecular weight is 250 g/mol. The Bertz CT molecular complexity index is 438. The van der Waals surface area contributed by atoms with E-state index < -0.39 is 5.60 Å². The molecule has 18 heavy (non-hydrogen) atoms. The number of β-amino-alcohol motifs (C(OH)–C–C–N with tert-alkyl or cyclic N) is 1. The summed E-state index contributed by atoms with van der Waals surface area (Å²) in [7, 11) is 1.55. The van der Waals surface area contributed by atoms with Crippen LogP contribution in [0.3, 0.4) is 0 Å². The lowest BCUT2D eigenvalue weighted by atomic mass is 9.83. The Morgan fingerprint density at radius 3 is 2.56 bits per heavy atom. The van der Waals surface area contributed by atoms with Gasteiger partial charge in [0.15, 0.2) is 11.5 Å². The van der Waals surface area contributed by atoms with Crippen LogP contribution in [0.2, 0.25) is 0 Å². The summed E-state index contributed by atoms with van der Waals surface area (Å²) in [5.74, 6) is 0.649. The number of rotatable bonds is 3. The first-order chi connectivity index (χ1) is 8.46. The molecule has 1 saturated heterocycles. The molecule has 2 rings (SSSR count). The third-order valence-electron chi connectivity index (χ3n) is 3.44. The van der Waals surface area contributed by atoms with Gasteiger partial charge in [-0.2, -0.15) is 0 Å². The van der Waals surface area contributed by atoms with Gasteiger partial charge in [-0.25, -0.2) is 0 Å². The monoisotopic (exact) mass is 250 g/mol. The highest BCUT2D eigenvalue weighted by molar-refractivity contribution is 5.91. The number of amides is 1. The van der Waals surface area contributed by atoms with Gasteiger partial charge in [0.25, 0.3) is 5.91 Å². The number of carbonyl (C=O) groups excluding carboxylic acids is 1. The number of nitrogens with one attached hydrogen (secondary N) is 1. The van der Waals surface area contributed by atoms with E-state index in [0.29, 0.717) is 24.6 Å². The van der Waals surface area contributed by atoms with Gasteiger partial charge >= 0.3 is 0 Å². The van der Waals surface area contributed by atoms with Crippen molar-refractivity contribution in [2.45, 2.75) is 19.4 Å². The Hall–Kier alpha value is -1.69. The van der Waals surface area contributed by atoms with Gasteiger partial charge in [-0.05, 0) is 18.1 Å². The van der Waals surface area contributed by atoms with Crippen molar-refractivity contribution in [2.75, 3.05) is 25.0 Å². The maximum absolute atomic E-state index is 11.3. The van der Waals surface area contributed by atoms with Gasteiger partial charge in [0.1, 0.15) is 5.60 Å². The summed E-state index contributed by atoms with van der Waals surface area (Å²) in [4.78, 5) is 13.2. The van der Waals surface area contributed by atoms with E-state index in [1.807, 2.05) is 18.7 Å². The predicted octanol–water partition coefficient (Wildman–Crippen LogP) is 0.0433. The fraction of sp³-hybridized carbons (Fsp3) is 0.583. The van der Waals surface area contributed by atoms with Crippen LogP contribution in [0.15, 0.2) is 12.1 Å². The van der Waals surface area contributed by atoms with E-state index >= 15 is 0 Å². The molecule has 0 unspecified atom stereocenters. The summed E-state index contributed by atoms with van der Waals surface area (Å²) in [5, 5.41) is 20.5. The second-order valence-electron chi connectivity index (χ2n) is 4.97. The minimum Gasteiger partial charge on any atom is -0.386 e. The fourth-order valence-electron chi connectivity index (χ4n) is 1.88. The van der Waals surface area contributed by atoms with Crippen molar-refractivity contribution < 1.29 is 9.90 Å². The van der Waals surface area contributed by atoms with Gasteiger partial charge in [-0.3, -0.25) is 4.79 Å². The molecule has 0 spiro atoms. The first-order valence-electron chi connectivity index (χ1n) is 5.99. The molecule has 0 atom stereocenters. The molecular formula is C12H18N4O2. The number of hydrogen-bond acceptors (Lipinski definition) is 5. The molecule has 0 radical (unpaired) electrons. The zero-order valence-corrected chi connectivity index (χ0v) is 10.8. The van der Waals surface area contributed by atoms with Gasteiger partial charge in [0, 0.05) is 7.05 Å². The van der Waals surface area contributed by atoms with E-state index in [1.165, 1.54) is 0 Å². The van der Waals surface area contributed by atoms with Crippen molar-refractivity contribution in [3.63, 3.8) is 0 Å². The molecule has 1 aliphatic heterocycles. The zero-order chi connectivity index (χ0) is 13.3. The second-order valence-corrected chi connectivity index (χ2v) is 4.97. The lowest BCUT2D eigenvalue weighted by Gasteiger charge is -2.49. The van der Waals surface area contributed by atoms with Crippen LogP contribution in [0.4, 0.5) is 5.82 Å². The summed E-state index contributed by atoms with van der Waals surface area (Å²) in [6.07, 6.45) is 0. The first kappa shape index (κ1) is 12.8. The van der Waals surface area contributed by atoms with E-state index in [4.69, 9.17) is 0 Å². The molecule has 6 heteroatoms. The van der Waals surface area contributed by atoms with E-state index in [1.54, 1.807) is 19.2 Å². The summed E-state index contributed by atoms with van der Waals surface area (Å²) >= 11 is 0. The van der Waals surface area contributed by atoms with Gasteiger partial charge in [0.05, 0.1) is 13.1 Å². The Morgan fingerprint density at radius 1 is 1.44 bits per heavy atom. The molecule has 0 aliphatic carbocycles. The first-order valence-corrected chi connectivity index (χ1v) is 5.99. The molecular weight excluding hydrogens is 232 g/mol. The van der Waals surface area contributed by atoms with Crippen LogP contribution in [0.1, 0.15) is 24.3 Å². The molecule has 0 saturated carbocycles. The third-order valence-corrected chi connectivity index (χ3v) is 3.44. The smallest absolute Gasteiger partial charge is 0.271 e. The van der Waals surface area contributed by atoms with Crippen LogP contribution in [0.5, 0.6) is 0 Å². The molecule has 1 aromatic rings. The van der Waals surface area contributed by atoms with Crippen molar-refractivity contribution in [1.29, 1.82) is 0 Å². The lowest BCUT2D eigenvalue weighted by Crippen LogP contribution is -2.65. The summed E-state index contributed by atoms with van der Waals surface area (Å²) < 4.78 is 0. The van der Waals surface area contributed by atoms with Gasteiger partial charge in [-0.1, -0.05) is 13.8 Å². The second kappa shape index (κ2) is 4.53. The highest BCUT2D eigenvalue weighted by atomic mass is 16.3. The minimum atomic E-state index is -0.638. The number of nitrogens with zero attached hydrogens (tertiary/aromatic N) is 3. The Labute approximate surface area is 106 Å². The number of anilines is 1. The van der Waals surface area contributed by atoms with Crippen LogP contribution in [0, 0.1) is 5.92 Å². The Balaban J connectivity index is 2.03. The van der Waals surface area contributed by atoms with Crippen LogP contribution in [0.25, 0.3) is 0 Å². The molecule has 1 aliphatic rings. The van der Waals surface area contributed by atoms with E-state index in [-0.39, 0.29) is 11.8 Å². The highest BCUT2D eigenvalue weighted by Gasteiger charge is 2.44. The van der Waals surface area contributed by atoms with Crippen LogP contribution < -0.4 is 10.2 Å². The van der Waals surface area contributed by atoms with E-state index in [0.717, 1.165) is 0 Å². The van der Waals surface area contributed by atoms with Crippen molar-refractivity contribution in [2.24, 2.45) is 5.92 Å². The summed E-state index contributed by atoms with van der Waals surface area (Å²) in [5.41, 5.74) is -0.345. The number of aliphatic hydroxyl groups is 1. The molecule has 2 heterocycles. The quantitative estimate of drug-likeness (QED) is 0.792. The topological polar surface area (TPSA) is 78.4 Å². The molecule has 98 valence electrons. The molecule has 0 bridgehead atoms. The van der Waals surface area contributed by atoms with Crippen molar-refractivity contribution in [3.05, 3.63) is 17.8 Å². The van der Waals surface area contributed by atoms with Crippen molar-refractivity contribution >= 4 is 11.7 Å². The molecule has 1 fully saturated rings. The van der Waals surface area contributed by atoms with Gasteiger partial charge in [0.2, 0.25) is 0 Å². The van der Waals surface area contributed by atoms with Crippen molar-refractivity contribution in [1.82, 2.24) is 15.5 Å². The van der Waals surface area contributed by atoms with Gasteiger partial charge in [-0.15, -0.1) is 10.2 Å². The minimum absolute atomic E-state index is 0.215. The number of carbonyl (C=O) groups is 1. The molecule has 0 aromatic carbocycles. The Kier molecular flexibility index (Phi) is 3.21. The van der Waals surface area contributed by atoms with Crippen LogP contribution in [-0.2, 0) is 0 Å². The van der Waals surface area contributed by atoms with E-state index in [2.05, 4.69) is 15.5 Å². The molecule has 1 aromatic heterocycles. The Morgan fingerprint density at radius 2 is 2.11 bits per heavy atom. The fourth-order valence-corrected chi connectivity index (χ4v) is 1.88. The standard InChI is InChI=1S/C12H18N4O2/c1-8(2)12(18)6-16(7-12)10-5-4-9(14-15-10)11(17)13-3/h4-5,8,18H,6-7H2,1-3H3,(H,13,17). The lowest BCUT2D eigenvalue weighted by molar-refractivity contribution is -0.0305. The highest BCUT2D eigenvalue weighted by Crippen LogP contribution is 2.31. The molecule has 6 nitrogen and oxygen atoms in total. The van der Waals surface area contributed by atoms with Crippen molar-refractivity contribution in [3.8, 4) is 0 Å². The number of hydrogen-bond donors (Lipinski definition) is 2. The van der Waals surface area contributed by atoms with E-state index in [9.17, 15) is 9.90 Å². The zero-order valence-electron chi connectivity index (χ0n) is 10.8. The summed E-state index contributed by atoms with van der Waals surface area (Å²) in [6.45, 7) is 5.10. The maximum Gasteiger partial charge on any atom is 0.271 e. The largest absolute Gasteiger partial charge is 0.386 e. The molecule has 1 amide bonds. The predicted molar refractivity (Wildman–Crippen MR) is 67.4 cm³/mol.